The van der Waals surface area contributed by atoms with E-state index in [-0.39, 0.29) is 5.97 Å². The molecule has 11 heavy (non-hydrogen) atoms. The molecule has 1 saturated heterocycles. The maximum Gasteiger partial charge on any atom is 0.305 e. The van der Waals surface area contributed by atoms with E-state index in [1.807, 2.05) is 0 Å². The Morgan fingerprint density at radius 2 is 2.09 bits per heavy atom. The van der Waals surface area contributed by atoms with E-state index in [1.165, 1.54) is 0 Å². The molecule has 0 aromatic carbocycles. The standard InChI is InChI=1S/C9H16O2/c1-9(2)5-3-4-8(10)11-7-6-9/h3-7H2,1-2H3. The lowest BCUT2D eigenvalue weighted by Crippen LogP contribution is -2.20. The minimum absolute atomic E-state index is 0.0273. The van der Waals surface area contributed by atoms with Crippen LogP contribution in [0.2, 0.25) is 0 Å². The van der Waals surface area contributed by atoms with Gasteiger partial charge in [-0.05, 0) is 24.7 Å². The zero-order valence-corrected chi connectivity index (χ0v) is 7.35. The Hall–Kier alpha value is -0.530. The van der Waals surface area contributed by atoms with Crippen molar-refractivity contribution in [3.63, 3.8) is 0 Å². The number of rotatable bonds is 0. The maximum absolute atomic E-state index is 10.8. The van der Waals surface area contributed by atoms with Crippen molar-refractivity contribution >= 4 is 5.97 Å². The van der Waals surface area contributed by atoms with Gasteiger partial charge in [-0.2, -0.15) is 0 Å². The Morgan fingerprint density at radius 1 is 1.36 bits per heavy atom. The number of cyclic esters (lactones) is 1. The van der Waals surface area contributed by atoms with Gasteiger partial charge in [-0.3, -0.25) is 4.79 Å². The van der Waals surface area contributed by atoms with E-state index < -0.39 is 0 Å². The summed E-state index contributed by atoms with van der Waals surface area (Å²) in [7, 11) is 0. The Labute approximate surface area is 67.9 Å². The molecule has 0 aromatic heterocycles. The van der Waals surface area contributed by atoms with Crippen LogP contribution in [0.1, 0.15) is 39.5 Å². The molecule has 0 unspecified atom stereocenters. The summed E-state index contributed by atoms with van der Waals surface area (Å²) in [6.07, 6.45) is 3.72. The van der Waals surface area contributed by atoms with Crippen LogP contribution < -0.4 is 0 Å². The summed E-state index contributed by atoms with van der Waals surface area (Å²) >= 11 is 0. The molecule has 0 aliphatic carbocycles. The Kier molecular flexibility index (Phi) is 2.53. The molecule has 1 heterocycles. The summed E-state index contributed by atoms with van der Waals surface area (Å²) in [6, 6.07) is 0. The molecule has 1 aliphatic rings. The van der Waals surface area contributed by atoms with Gasteiger partial charge in [0.05, 0.1) is 6.61 Å². The molecule has 2 heteroatoms. The zero-order valence-electron chi connectivity index (χ0n) is 7.35. The van der Waals surface area contributed by atoms with Gasteiger partial charge >= 0.3 is 5.97 Å². The first-order chi connectivity index (χ1) is 5.10. The minimum atomic E-state index is -0.0273. The summed E-state index contributed by atoms with van der Waals surface area (Å²) in [6.45, 7) is 5.06. The van der Waals surface area contributed by atoms with Gasteiger partial charge in [-0.15, -0.1) is 0 Å². The number of hydrogen-bond donors (Lipinski definition) is 0. The second-order valence-corrected chi connectivity index (χ2v) is 3.99. The summed E-state index contributed by atoms with van der Waals surface area (Å²) in [5, 5.41) is 0. The highest BCUT2D eigenvalue weighted by molar-refractivity contribution is 5.69. The van der Waals surface area contributed by atoms with Crippen LogP contribution in [-0.2, 0) is 9.53 Å². The third kappa shape index (κ3) is 2.91. The van der Waals surface area contributed by atoms with Gasteiger partial charge in [0.1, 0.15) is 0 Å². The summed E-state index contributed by atoms with van der Waals surface area (Å²) in [4.78, 5) is 10.8. The molecule has 0 N–H and O–H groups in total. The molecule has 0 spiro atoms. The molecule has 0 bridgehead atoms. The first-order valence-corrected chi connectivity index (χ1v) is 4.26. The number of esters is 1. The van der Waals surface area contributed by atoms with Crippen molar-refractivity contribution in [3.05, 3.63) is 0 Å². The highest BCUT2D eigenvalue weighted by Gasteiger charge is 2.21. The first kappa shape index (κ1) is 8.57. The van der Waals surface area contributed by atoms with Crippen LogP contribution in [0.25, 0.3) is 0 Å². The van der Waals surface area contributed by atoms with Crippen molar-refractivity contribution < 1.29 is 9.53 Å². The average molecular weight is 156 g/mol. The predicted octanol–water partition coefficient (Wildman–Crippen LogP) is 2.13. The van der Waals surface area contributed by atoms with Gasteiger partial charge in [-0.25, -0.2) is 0 Å². The Balaban J connectivity index is 2.41. The third-order valence-electron chi connectivity index (χ3n) is 2.28. The number of carbonyl (C=O) groups excluding carboxylic acids is 1. The van der Waals surface area contributed by atoms with Crippen LogP contribution in [0.5, 0.6) is 0 Å². The van der Waals surface area contributed by atoms with Crippen molar-refractivity contribution in [1.82, 2.24) is 0 Å². The van der Waals surface area contributed by atoms with Gasteiger partial charge in [0.25, 0.3) is 0 Å². The molecule has 0 amide bonds. The summed E-state index contributed by atoms with van der Waals surface area (Å²) < 4.78 is 4.98. The van der Waals surface area contributed by atoms with E-state index >= 15 is 0 Å². The summed E-state index contributed by atoms with van der Waals surface area (Å²) in [5.74, 6) is -0.0273. The molecule has 1 aliphatic heterocycles. The average Bonchev–Trinajstić information content (AvgIpc) is 1.83. The Bertz CT molecular complexity index is 136. The van der Waals surface area contributed by atoms with Gasteiger partial charge in [-0.1, -0.05) is 13.8 Å². The maximum atomic E-state index is 10.8. The quantitative estimate of drug-likeness (QED) is 0.502. The number of hydrogen-bond acceptors (Lipinski definition) is 2. The molecular formula is C9H16O2. The van der Waals surface area contributed by atoms with Crippen molar-refractivity contribution in [1.29, 1.82) is 0 Å². The van der Waals surface area contributed by atoms with Gasteiger partial charge < -0.3 is 4.74 Å². The van der Waals surface area contributed by atoms with E-state index in [9.17, 15) is 4.79 Å². The van der Waals surface area contributed by atoms with E-state index in [2.05, 4.69) is 13.8 Å². The molecule has 1 rings (SSSR count). The first-order valence-electron chi connectivity index (χ1n) is 4.26. The van der Waals surface area contributed by atoms with Crippen LogP contribution in [0, 0.1) is 5.41 Å². The lowest BCUT2D eigenvalue weighted by molar-refractivity contribution is -0.145. The fraction of sp³-hybridized carbons (Fsp3) is 0.889. The molecule has 64 valence electrons. The van der Waals surface area contributed by atoms with Crippen molar-refractivity contribution in [2.45, 2.75) is 39.5 Å². The number of ether oxygens (including phenoxy) is 1. The summed E-state index contributed by atoms with van der Waals surface area (Å²) in [5.41, 5.74) is 0.362. The highest BCUT2D eigenvalue weighted by atomic mass is 16.5. The van der Waals surface area contributed by atoms with E-state index in [4.69, 9.17) is 4.74 Å². The van der Waals surface area contributed by atoms with Crippen LogP contribution in [0.3, 0.4) is 0 Å². The SMILES string of the molecule is CC1(C)CCCC(=O)OCC1. The van der Waals surface area contributed by atoms with Crippen molar-refractivity contribution in [2.75, 3.05) is 6.61 Å². The third-order valence-corrected chi connectivity index (χ3v) is 2.28. The molecule has 0 aromatic rings. The largest absolute Gasteiger partial charge is 0.466 e. The van der Waals surface area contributed by atoms with Crippen LogP contribution >= 0.6 is 0 Å². The second-order valence-electron chi connectivity index (χ2n) is 3.99. The fourth-order valence-electron chi connectivity index (χ4n) is 1.35. The molecule has 0 radical (unpaired) electrons. The highest BCUT2D eigenvalue weighted by Crippen LogP contribution is 2.28. The normalized spacial score (nSPS) is 25.1. The van der Waals surface area contributed by atoms with Gasteiger partial charge in [0.15, 0.2) is 0 Å². The molecule has 2 nitrogen and oxygen atoms in total. The van der Waals surface area contributed by atoms with Crippen LogP contribution in [0.4, 0.5) is 0 Å². The Morgan fingerprint density at radius 3 is 2.82 bits per heavy atom. The fourth-order valence-corrected chi connectivity index (χ4v) is 1.35. The van der Waals surface area contributed by atoms with Gasteiger partial charge in [0, 0.05) is 6.42 Å². The topological polar surface area (TPSA) is 26.3 Å². The van der Waals surface area contributed by atoms with Crippen LogP contribution in [0.15, 0.2) is 0 Å². The van der Waals surface area contributed by atoms with Crippen LogP contribution in [-0.4, -0.2) is 12.6 Å². The van der Waals surface area contributed by atoms with E-state index in [0.717, 1.165) is 19.3 Å². The van der Waals surface area contributed by atoms with Gasteiger partial charge in [0.2, 0.25) is 0 Å². The molecule has 0 saturated carbocycles. The lowest BCUT2D eigenvalue weighted by atomic mass is 9.84. The van der Waals surface area contributed by atoms with Crippen molar-refractivity contribution in [2.24, 2.45) is 5.41 Å². The second kappa shape index (κ2) is 3.24. The van der Waals surface area contributed by atoms with E-state index in [1.54, 1.807) is 0 Å². The zero-order chi connectivity index (χ0) is 8.32. The minimum Gasteiger partial charge on any atom is -0.466 e. The molecule has 0 atom stereocenters. The smallest absolute Gasteiger partial charge is 0.305 e. The van der Waals surface area contributed by atoms with E-state index in [0.29, 0.717) is 18.4 Å². The molecule has 1 fully saturated rings. The number of carbonyl (C=O) groups is 1. The monoisotopic (exact) mass is 156 g/mol. The molecular weight excluding hydrogens is 140 g/mol. The van der Waals surface area contributed by atoms with Crippen molar-refractivity contribution in [3.8, 4) is 0 Å². The predicted molar refractivity (Wildman–Crippen MR) is 43.2 cm³/mol. The lowest BCUT2D eigenvalue weighted by Gasteiger charge is -2.26.